The van der Waals surface area contributed by atoms with E-state index >= 15 is 0 Å². The van der Waals surface area contributed by atoms with E-state index < -0.39 is 0 Å². The summed E-state index contributed by atoms with van der Waals surface area (Å²) in [7, 11) is 1.63. The van der Waals surface area contributed by atoms with E-state index in [4.69, 9.17) is 0 Å². The zero-order chi connectivity index (χ0) is 17.6. The van der Waals surface area contributed by atoms with Crippen LogP contribution in [-0.2, 0) is 18.3 Å². The molecule has 1 aliphatic heterocycles. The van der Waals surface area contributed by atoms with Crippen LogP contribution < -0.4 is 5.56 Å². The van der Waals surface area contributed by atoms with Crippen LogP contribution in [0.2, 0.25) is 0 Å². The number of aromatic nitrogens is 2. The summed E-state index contributed by atoms with van der Waals surface area (Å²) in [5.74, 6) is 0.506. The fraction of sp³-hybridized carbons (Fsp3) is 0.526. The topological polar surface area (TPSA) is 55.2 Å². The number of likely N-dealkylation sites (tertiary alicyclic amines) is 1. The van der Waals surface area contributed by atoms with E-state index in [2.05, 4.69) is 32.8 Å². The Bertz CT molecular complexity index is 851. The first-order valence-electron chi connectivity index (χ1n) is 8.47. The van der Waals surface area contributed by atoms with Crippen LogP contribution in [0.1, 0.15) is 33.4 Å². The number of carbonyl (C=O) groups excluding carboxylic acids is 1. The average Bonchev–Trinajstić information content (AvgIpc) is 2.49. The molecule has 0 radical (unpaired) electrons. The van der Waals surface area contributed by atoms with Crippen LogP contribution in [0.4, 0.5) is 0 Å². The molecule has 3 rings (SSSR count). The zero-order valence-corrected chi connectivity index (χ0v) is 15.0. The van der Waals surface area contributed by atoms with Gasteiger partial charge >= 0.3 is 0 Å². The smallest absolute Gasteiger partial charge is 0.274 e. The number of amides is 1. The summed E-state index contributed by atoms with van der Waals surface area (Å²) in [6, 6.07) is 7.62. The van der Waals surface area contributed by atoms with Crippen LogP contribution in [0.25, 0.3) is 10.8 Å². The number of carbonyl (C=O) groups is 1. The SMILES string of the molecule is CC(C)C1N(C(=O)Cc2nn(C)c(=O)c3ccccc23)CC1(C)C. The highest BCUT2D eigenvalue weighted by Crippen LogP contribution is 2.41. The Morgan fingerprint density at radius 1 is 1.29 bits per heavy atom. The minimum atomic E-state index is -0.132. The maximum absolute atomic E-state index is 12.8. The summed E-state index contributed by atoms with van der Waals surface area (Å²) >= 11 is 0. The van der Waals surface area contributed by atoms with Crippen LogP contribution in [0.15, 0.2) is 29.1 Å². The standard InChI is InChI=1S/C19H25N3O2/c1-12(2)17-19(3,4)11-22(17)16(23)10-15-13-8-6-7-9-14(13)18(24)21(5)20-15/h6-9,12,17H,10-11H2,1-5H3. The molecule has 5 nitrogen and oxygen atoms in total. The number of nitrogens with zero attached hydrogens (tertiary/aromatic N) is 3. The van der Waals surface area contributed by atoms with Gasteiger partial charge in [0.05, 0.1) is 17.5 Å². The summed E-state index contributed by atoms with van der Waals surface area (Å²) < 4.78 is 1.32. The largest absolute Gasteiger partial charge is 0.338 e. The second kappa shape index (κ2) is 5.72. The molecule has 128 valence electrons. The molecule has 1 saturated heterocycles. The number of rotatable bonds is 3. The van der Waals surface area contributed by atoms with Gasteiger partial charge in [-0.15, -0.1) is 0 Å². The van der Waals surface area contributed by atoms with E-state index in [9.17, 15) is 9.59 Å². The highest BCUT2D eigenvalue weighted by Gasteiger charge is 2.49. The molecular formula is C19H25N3O2. The van der Waals surface area contributed by atoms with Gasteiger partial charge < -0.3 is 4.90 Å². The Morgan fingerprint density at radius 2 is 1.92 bits per heavy atom. The lowest BCUT2D eigenvalue weighted by molar-refractivity contribution is -0.154. The zero-order valence-electron chi connectivity index (χ0n) is 15.0. The highest BCUT2D eigenvalue weighted by molar-refractivity contribution is 5.88. The molecule has 1 aromatic heterocycles. The van der Waals surface area contributed by atoms with Crippen molar-refractivity contribution in [3.8, 4) is 0 Å². The van der Waals surface area contributed by atoms with Crippen molar-refractivity contribution in [2.75, 3.05) is 6.54 Å². The number of hydrogen-bond acceptors (Lipinski definition) is 3. The van der Waals surface area contributed by atoms with Crippen LogP contribution >= 0.6 is 0 Å². The summed E-state index contributed by atoms with van der Waals surface area (Å²) in [5.41, 5.74) is 0.694. The molecule has 1 atom stereocenters. The van der Waals surface area contributed by atoms with Crippen molar-refractivity contribution in [2.24, 2.45) is 18.4 Å². The molecule has 0 aliphatic carbocycles. The Hall–Kier alpha value is -2.17. The van der Waals surface area contributed by atoms with E-state index in [0.717, 1.165) is 11.9 Å². The highest BCUT2D eigenvalue weighted by atomic mass is 16.2. The second-order valence-electron chi connectivity index (χ2n) is 7.80. The number of aryl methyl sites for hydroxylation is 1. The lowest BCUT2D eigenvalue weighted by Crippen LogP contribution is -2.66. The first kappa shape index (κ1) is 16.7. The van der Waals surface area contributed by atoms with Crippen molar-refractivity contribution < 1.29 is 4.79 Å². The van der Waals surface area contributed by atoms with Gasteiger partial charge in [-0.2, -0.15) is 5.10 Å². The van der Waals surface area contributed by atoms with E-state index in [1.807, 2.05) is 23.1 Å². The quantitative estimate of drug-likeness (QED) is 0.870. The van der Waals surface area contributed by atoms with Gasteiger partial charge in [-0.1, -0.05) is 45.9 Å². The summed E-state index contributed by atoms with van der Waals surface area (Å²) in [6.07, 6.45) is 0.230. The minimum absolute atomic E-state index is 0.0873. The maximum Gasteiger partial charge on any atom is 0.274 e. The predicted octanol–water partition coefficient (Wildman–Crippen LogP) is 2.37. The molecule has 2 heterocycles. The lowest BCUT2D eigenvalue weighted by Gasteiger charge is -2.56. The molecule has 24 heavy (non-hydrogen) atoms. The molecule has 1 fully saturated rings. The summed E-state index contributed by atoms with van der Waals surface area (Å²) in [4.78, 5) is 27.0. The van der Waals surface area contributed by atoms with Gasteiger partial charge in [0.2, 0.25) is 5.91 Å². The Kier molecular flexibility index (Phi) is 3.98. The molecule has 5 heteroatoms. The Labute approximate surface area is 142 Å². The summed E-state index contributed by atoms with van der Waals surface area (Å²) in [6.45, 7) is 9.51. The van der Waals surface area contributed by atoms with Crippen molar-refractivity contribution in [3.05, 3.63) is 40.3 Å². The van der Waals surface area contributed by atoms with E-state index in [0.29, 0.717) is 17.0 Å². The average molecular weight is 327 g/mol. The van der Waals surface area contributed by atoms with E-state index in [1.165, 1.54) is 4.68 Å². The van der Waals surface area contributed by atoms with Crippen LogP contribution in [0.3, 0.4) is 0 Å². The molecule has 0 spiro atoms. The first-order valence-corrected chi connectivity index (χ1v) is 8.47. The van der Waals surface area contributed by atoms with Crippen molar-refractivity contribution in [3.63, 3.8) is 0 Å². The monoisotopic (exact) mass is 327 g/mol. The first-order chi connectivity index (χ1) is 11.2. The van der Waals surface area contributed by atoms with Crippen molar-refractivity contribution in [1.82, 2.24) is 14.7 Å². The van der Waals surface area contributed by atoms with E-state index in [1.54, 1.807) is 13.1 Å². The third kappa shape index (κ3) is 2.62. The fourth-order valence-corrected chi connectivity index (χ4v) is 4.20. The van der Waals surface area contributed by atoms with Gasteiger partial charge in [0.25, 0.3) is 5.56 Å². The normalized spacial score (nSPS) is 19.6. The van der Waals surface area contributed by atoms with Gasteiger partial charge in [-0.3, -0.25) is 9.59 Å². The number of fused-ring (bicyclic) bond motifs is 1. The Morgan fingerprint density at radius 3 is 2.50 bits per heavy atom. The molecule has 0 saturated carbocycles. The molecule has 0 N–H and O–H groups in total. The molecule has 2 aromatic rings. The predicted molar refractivity (Wildman–Crippen MR) is 94.8 cm³/mol. The summed E-state index contributed by atoms with van der Waals surface area (Å²) in [5, 5.41) is 5.73. The third-order valence-corrected chi connectivity index (χ3v) is 5.02. The van der Waals surface area contributed by atoms with Crippen molar-refractivity contribution in [2.45, 2.75) is 40.2 Å². The third-order valence-electron chi connectivity index (χ3n) is 5.02. The van der Waals surface area contributed by atoms with Crippen molar-refractivity contribution in [1.29, 1.82) is 0 Å². The molecule has 1 aromatic carbocycles. The molecule has 0 bridgehead atoms. The van der Waals surface area contributed by atoms with Crippen LogP contribution in [0.5, 0.6) is 0 Å². The molecule has 1 amide bonds. The van der Waals surface area contributed by atoms with Gasteiger partial charge in [0.1, 0.15) is 0 Å². The van der Waals surface area contributed by atoms with Gasteiger partial charge in [-0.25, -0.2) is 4.68 Å². The maximum atomic E-state index is 12.8. The number of hydrogen-bond donors (Lipinski definition) is 0. The van der Waals surface area contributed by atoms with E-state index in [-0.39, 0.29) is 29.3 Å². The van der Waals surface area contributed by atoms with Gasteiger partial charge in [0.15, 0.2) is 0 Å². The van der Waals surface area contributed by atoms with Crippen molar-refractivity contribution >= 4 is 16.7 Å². The van der Waals surface area contributed by atoms with Crippen LogP contribution in [-0.4, -0.2) is 33.2 Å². The Balaban J connectivity index is 1.92. The van der Waals surface area contributed by atoms with Gasteiger partial charge in [0, 0.05) is 30.4 Å². The molecule has 1 aliphatic rings. The fourth-order valence-electron chi connectivity index (χ4n) is 4.20. The minimum Gasteiger partial charge on any atom is -0.338 e. The van der Waals surface area contributed by atoms with Gasteiger partial charge in [-0.05, 0) is 12.0 Å². The molecule has 1 unspecified atom stereocenters. The second-order valence-corrected chi connectivity index (χ2v) is 7.80. The van der Waals surface area contributed by atoms with Crippen LogP contribution in [0, 0.1) is 11.3 Å². The lowest BCUT2D eigenvalue weighted by atomic mass is 9.70. The molecular weight excluding hydrogens is 302 g/mol. The number of benzene rings is 1.